The quantitative estimate of drug-likeness (QED) is 0.622. The third-order valence-electron chi connectivity index (χ3n) is 3.87. The molecule has 1 N–H and O–H groups in total. The molecule has 0 atom stereocenters. The lowest BCUT2D eigenvalue weighted by Gasteiger charge is -2.05. The number of hydrogen-bond acceptors (Lipinski definition) is 6. The first kappa shape index (κ1) is 20.0. The highest BCUT2D eigenvalue weighted by Crippen LogP contribution is 2.27. The van der Waals surface area contributed by atoms with Gasteiger partial charge in [0.25, 0.3) is 5.91 Å². The van der Waals surface area contributed by atoms with Crippen LogP contribution >= 0.6 is 11.3 Å². The van der Waals surface area contributed by atoms with Crippen LogP contribution in [0.1, 0.15) is 23.7 Å². The van der Waals surface area contributed by atoms with Crippen LogP contribution in [0.4, 0.5) is 5.13 Å². The van der Waals surface area contributed by atoms with Crippen molar-refractivity contribution >= 4 is 32.2 Å². The van der Waals surface area contributed by atoms with Crippen LogP contribution in [0.5, 0.6) is 5.75 Å². The molecule has 0 spiro atoms. The fourth-order valence-electron chi connectivity index (χ4n) is 2.44. The summed E-state index contributed by atoms with van der Waals surface area (Å²) in [7, 11) is -3.38. The van der Waals surface area contributed by atoms with E-state index in [1.807, 2.05) is 29.6 Å². The predicted molar refractivity (Wildman–Crippen MR) is 111 cm³/mol. The van der Waals surface area contributed by atoms with Crippen LogP contribution in [-0.4, -0.2) is 32.2 Å². The maximum absolute atomic E-state index is 12.4. The molecule has 3 rings (SSSR count). The number of anilines is 1. The van der Waals surface area contributed by atoms with Gasteiger partial charge in [0.1, 0.15) is 5.75 Å². The summed E-state index contributed by atoms with van der Waals surface area (Å²) in [6, 6.07) is 13.5. The molecular weight excluding hydrogens is 396 g/mol. The van der Waals surface area contributed by atoms with Gasteiger partial charge in [0.05, 0.1) is 17.2 Å². The van der Waals surface area contributed by atoms with E-state index in [0.29, 0.717) is 11.7 Å². The Bertz CT molecular complexity index is 1070. The summed E-state index contributed by atoms with van der Waals surface area (Å²) < 4.78 is 28.9. The van der Waals surface area contributed by atoms with E-state index in [2.05, 4.69) is 17.2 Å². The molecule has 0 fully saturated rings. The molecule has 1 amide bonds. The Morgan fingerprint density at radius 3 is 2.61 bits per heavy atom. The molecule has 0 aliphatic rings. The molecular formula is C20H20N2O4S2. The highest BCUT2D eigenvalue weighted by atomic mass is 32.2. The minimum atomic E-state index is -3.38. The van der Waals surface area contributed by atoms with Gasteiger partial charge >= 0.3 is 0 Å². The van der Waals surface area contributed by atoms with Crippen molar-refractivity contribution in [2.24, 2.45) is 0 Å². The number of aromatic nitrogens is 1. The second kappa shape index (κ2) is 8.53. The number of benzene rings is 2. The molecule has 28 heavy (non-hydrogen) atoms. The van der Waals surface area contributed by atoms with E-state index in [4.69, 9.17) is 4.74 Å². The van der Waals surface area contributed by atoms with Crippen molar-refractivity contribution < 1.29 is 17.9 Å². The van der Waals surface area contributed by atoms with E-state index in [1.54, 1.807) is 12.1 Å². The molecule has 1 aromatic heterocycles. The van der Waals surface area contributed by atoms with Gasteiger partial charge in [0.15, 0.2) is 15.0 Å². The van der Waals surface area contributed by atoms with Crippen molar-refractivity contribution in [3.8, 4) is 17.0 Å². The topological polar surface area (TPSA) is 85.4 Å². The van der Waals surface area contributed by atoms with Crippen LogP contribution in [-0.2, 0) is 9.84 Å². The monoisotopic (exact) mass is 416 g/mol. The maximum atomic E-state index is 12.4. The number of thiazole rings is 1. The summed E-state index contributed by atoms with van der Waals surface area (Å²) in [4.78, 5) is 17.0. The summed E-state index contributed by atoms with van der Waals surface area (Å²) in [5.41, 5.74) is 1.92. The highest BCUT2D eigenvalue weighted by Gasteiger charge is 2.13. The molecule has 146 valence electrons. The van der Waals surface area contributed by atoms with Crippen LogP contribution in [0.2, 0.25) is 0 Å². The third kappa shape index (κ3) is 4.96. The summed E-state index contributed by atoms with van der Waals surface area (Å²) in [6.07, 6.45) is 2.06. The lowest BCUT2D eigenvalue weighted by atomic mass is 10.2. The normalized spacial score (nSPS) is 11.2. The Morgan fingerprint density at radius 1 is 1.18 bits per heavy atom. The molecule has 1 heterocycles. The van der Waals surface area contributed by atoms with E-state index < -0.39 is 15.7 Å². The van der Waals surface area contributed by atoms with Crippen molar-refractivity contribution in [1.29, 1.82) is 0 Å². The number of sulfone groups is 1. The minimum absolute atomic E-state index is 0.102. The van der Waals surface area contributed by atoms with Crippen molar-refractivity contribution in [1.82, 2.24) is 4.98 Å². The first-order chi connectivity index (χ1) is 13.4. The average molecular weight is 417 g/mol. The summed E-state index contributed by atoms with van der Waals surface area (Å²) in [5.74, 6) is 0.398. The molecule has 0 radical (unpaired) electrons. The number of carbonyl (C=O) groups excluding carboxylic acids is 1. The van der Waals surface area contributed by atoms with Gasteiger partial charge in [-0.2, -0.15) is 0 Å². The highest BCUT2D eigenvalue weighted by molar-refractivity contribution is 7.90. The smallest absolute Gasteiger partial charge is 0.257 e. The van der Waals surface area contributed by atoms with Gasteiger partial charge < -0.3 is 4.74 Å². The predicted octanol–water partition coefficient (Wildman–Crippen LogP) is 4.25. The van der Waals surface area contributed by atoms with Crippen LogP contribution in [0.3, 0.4) is 0 Å². The van der Waals surface area contributed by atoms with Gasteiger partial charge in [-0.25, -0.2) is 13.4 Å². The lowest BCUT2D eigenvalue weighted by molar-refractivity contribution is 0.102. The SMILES string of the molecule is CCCOc1ccc(-c2csc(NC(=O)c3cccc(S(C)(=O)=O)c3)n2)cc1. The molecule has 8 heteroatoms. The van der Waals surface area contributed by atoms with Gasteiger partial charge in [0, 0.05) is 22.8 Å². The van der Waals surface area contributed by atoms with Gasteiger partial charge in [-0.15, -0.1) is 11.3 Å². The third-order valence-corrected chi connectivity index (χ3v) is 5.74. The van der Waals surface area contributed by atoms with Crippen LogP contribution < -0.4 is 10.1 Å². The number of rotatable bonds is 7. The second-order valence-electron chi connectivity index (χ2n) is 6.16. The summed E-state index contributed by atoms with van der Waals surface area (Å²) in [5, 5.41) is 5.01. The van der Waals surface area contributed by atoms with Crippen molar-refractivity contribution in [3.05, 3.63) is 59.5 Å². The lowest BCUT2D eigenvalue weighted by Crippen LogP contribution is -2.12. The molecule has 0 bridgehead atoms. The van der Waals surface area contributed by atoms with Crippen LogP contribution in [0.25, 0.3) is 11.3 Å². The number of nitrogens with zero attached hydrogens (tertiary/aromatic N) is 1. The maximum Gasteiger partial charge on any atom is 0.257 e. The zero-order chi connectivity index (χ0) is 20.1. The largest absolute Gasteiger partial charge is 0.494 e. The number of amides is 1. The first-order valence-corrected chi connectivity index (χ1v) is 11.4. The first-order valence-electron chi connectivity index (χ1n) is 8.67. The van der Waals surface area contributed by atoms with E-state index in [1.165, 1.54) is 23.5 Å². The average Bonchev–Trinajstić information content (AvgIpc) is 3.14. The van der Waals surface area contributed by atoms with E-state index in [-0.39, 0.29) is 10.5 Å². The Kier molecular flexibility index (Phi) is 6.11. The fourth-order valence-corrected chi connectivity index (χ4v) is 3.82. The Morgan fingerprint density at radius 2 is 1.93 bits per heavy atom. The number of nitrogens with one attached hydrogen (secondary N) is 1. The van der Waals surface area contributed by atoms with Crippen molar-refractivity contribution in [2.45, 2.75) is 18.2 Å². The standard InChI is InChI=1S/C20H20N2O4S2/c1-3-11-26-16-9-7-14(8-10-16)18-13-27-20(21-18)22-19(23)15-5-4-6-17(12-15)28(2,24)25/h4-10,12-13H,3,11H2,1-2H3,(H,21,22,23). The molecule has 0 saturated heterocycles. The molecule has 0 saturated carbocycles. The van der Waals surface area contributed by atoms with Crippen molar-refractivity contribution in [2.75, 3.05) is 18.2 Å². The Balaban J connectivity index is 1.71. The number of carbonyl (C=O) groups is 1. The zero-order valence-corrected chi connectivity index (χ0v) is 17.1. The second-order valence-corrected chi connectivity index (χ2v) is 9.04. The van der Waals surface area contributed by atoms with Crippen molar-refractivity contribution in [3.63, 3.8) is 0 Å². The molecule has 0 aliphatic heterocycles. The number of hydrogen-bond donors (Lipinski definition) is 1. The molecule has 2 aromatic carbocycles. The Labute approximate surface area is 168 Å². The summed E-state index contributed by atoms with van der Waals surface area (Å²) in [6.45, 7) is 2.73. The van der Waals surface area contributed by atoms with Crippen LogP contribution in [0.15, 0.2) is 58.8 Å². The van der Waals surface area contributed by atoms with Gasteiger partial charge in [-0.1, -0.05) is 13.0 Å². The number of ether oxygens (including phenoxy) is 1. The fraction of sp³-hybridized carbons (Fsp3) is 0.200. The van der Waals surface area contributed by atoms with Gasteiger partial charge in [-0.05, 0) is 48.9 Å². The van der Waals surface area contributed by atoms with Crippen LogP contribution in [0, 0.1) is 0 Å². The van der Waals surface area contributed by atoms with E-state index >= 15 is 0 Å². The molecule has 0 aliphatic carbocycles. The van der Waals surface area contributed by atoms with E-state index in [9.17, 15) is 13.2 Å². The van der Waals surface area contributed by atoms with E-state index in [0.717, 1.165) is 29.7 Å². The zero-order valence-electron chi connectivity index (χ0n) is 15.5. The molecule has 3 aromatic rings. The van der Waals surface area contributed by atoms with Gasteiger partial charge in [-0.3, -0.25) is 10.1 Å². The minimum Gasteiger partial charge on any atom is -0.494 e. The molecule has 6 nitrogen and oxygen atoms in total. The Hall–Kier alpha value is -2.71. The summed E-state index contributed by atoms with van der Waals surface area (Å²) >= 11 is 1.30. The van der Waals surface area contributed by atoms with Gasteiger partial charge in [0.2, 0.25) is 0 Å². The molecule has 0 unspecified atom stereocenters.